The molecule has 38 heavy (non-hydrogen) atoms. The van der Waals surface area contributed by atoms with Crippen LogP contribution < -0.4 is 9.64 Å². The van der Waals surface area contributed by atoms with Crippen LogP contribution in [-0.2, 0) is 0 Å². The van der Waals surface area contributed by atoms with Crippen LogP contribution in [0.1, 0.15) is 54.5 Å². The van der Waals surface area contributed by atoms with Gasteiger partial charge >= 0.3 is 0 Å². The summed E-state index contributed by atoms with van der Waals surface area (Å²) in [5, 5.41) is 11.1. The van der Waals surface area contributed by atoms with Crippen molar-refractivity contribution in [3.05, 3.63) is 88.5 Å². The molecule has 194 valence electrons. The van der Waals surface area contributed by atoms with Crippen molar-refractivity contribution in [3.63, 3.8) is 0 Å². The van der Waals surface area contributed by atoms with Gasteiger partial charge in [0, 0.05) is 22.7 Å². The first kappa shape index (κ1) is 24.5. The van der Waals surface area contributed by atoms with Crippen molar-refractivity contribution in [1.82, 2.24) is 4.98 Å². The molecule has 1 fully saturated rings. The largest absolute Gasteiger partial charge is 0.506 e. The number of benzene rings is 3. The Morgan fingerprint density at radius 2 is 1.66 bits per heavy atom. The van der Waals surface area contributed by atoms with Crippen molar-refractivity contribution >= 4 is 22.4 Å². The van der Waals surface area contributed by atoms with E-state index in [1.807, 2.05) is 36.4 Å². The highest BCUT2D eigenvalue weighted by molar-refractivity contribution is 6.13. The fourth-order valence-corrected chi connectivity index (χ4v) is 6.26. The van der Waals surface area contributed by atoms with E-state index in [9.17, 15) is 5.11 Å². The average molecular weight is 506 g/mol. The Morgan fingerprint density at radius 1 is 0.921 bits per heavy atom. The highest BCUT2D eigenvalue weighted by Crippen LogP contribution is 2.48. The van der Waals surface area contributed by atoms with Crippen molar-refractivity contribution in [2.75, 3.05) is 4.90 Å². The summed E-state index contributed by atoms with van der Waals surface area (Å²) in [7, 11) is 0. The molecule has 1 aliphatic carbocycles. The quantitative estimate of drug-likeness (QED) is 0.307. The Hall–Kier alpha value is -3.86. The molecule has 0 amide bonds. The second kappa shape index (κ2) is 8.87. The van der Waals surface area contributed by atoms with E-state index in [-0.39, 0.29) is 17.2 Å². The van der Waals surface area contributed by atoms with E-state index in [0.29, 0.717) is 23.2 Å². The summed E-state index contributed by atoms with van der Waals surface area (Å²) < 4.78 is 6.21. The molecule has 1 N–H and O–H groups in total. The van der Waals surface area contributed by atoms with Crippen LogP contribution in [0.25, 0.3) is 10.9 Å². The molecule has 5 nitrogen and oxygen atoms in total. The number of aliphatic imine (C=N–C) groups is 1. The molecular weight excluding hydrogens is 470 g/mol. The monoisotopic (exact) mass is 505 g/mol. The summed E-state index contributed by atoms with van der Waals surface area (Å²) in [6, 6.07) is 20.2. The molecular formula is C33H35N3O2. The number of hydrogen-bond acceptors (Lipinski definition) is 5. The molecule has 2 aliphatic rings. The lowest BCUT2D eigenvalue weighted by Gasteiger charge is -2.32. The SMILES string of the molecule is Cc1cc(C)c(C)c(N2C(c3cccc(Oc4ccc5cccc(O)c5n4)c3)=N[C@@H]3[C@@H]2CCC3(C)C)c1C. The van der Waals surface area contributed by atoms with Gasteiger partial charge < -0.3 is 14.7 Å². The molecule has 2 heterocycles. The number of amidine groups is 1. The van der Waals surface area contributed by atoms with E-state index in [1.54, 1.807) is 6.07 Å². The molecule has 0 saturated heterocycles. The Balaban J connectivity index is 1.42. The highest BCUT2D eigenvalue weighted by atomic mass is 16.5. The van der Waals surface area contributed by atoms with Gasteiger partial charge in [-0.15, -0.1) is 0 Å². The lowest BCUT2D eigenvalue weighted by Crippen LogP contribution is -2.40. The normalized spacial score (nSPS) is 20.1. The summed E-state index contributed by atoms with van der Waals surface area (Å²) in [5.74, 6) is 2.29. The van der Waals surface area contributed by atoms with Gasteiger partial charge in [-0.2, -0.15) is 0 Å². The maximum Gasteiger partial charge on any atom is 0.219 e. The molecule has 1 aliphatic heterocycles. The van der Waals surface area contributed by atoms with Crippen LogP contribution in [-0.4, -0.2) is 28.0 Å². The number of hydrogen-bond donors (Lipinski definition) is 1. The van der Waals surface area contributed by atoms with Crippen LogP contribution >= 0.6 is 0 Å². The molecule has 0 bridgehead atoms. The Kier molecular flexibility index (Phi) is 5.71. The zero-order chi connectivity index (χ0) is 26.8. The lowest BCUT2D eigenvalue weighted by atomic mass is 9.87. The fraction of sp³-hybridized carbons (Fsp3) is 0.333. The average Bonchev–Trinajstić information content (AvgIpc) is 3.41. The highest BCUT2D eigenvalue weighted by Gasteiger charge is 2.50. The van der Waals surface area contributed by atoms with Crippen molar-refractivity contribution < 1.29 is 9.84 Å². The minimum absolute atomic E-state index is 0.144. The van der Waals surface area contributed by atoms with Crippen LogP contribution in [0.2, 0.25) is 0 Å². The molecule has 3 aromatic carbocycles. The van der Waals surface area contributed by atoms with Gasteiger partial charge in [-0.3, -0.25) is 4.99 Å². The standard InChI is InChI=1S/C33H35N3O2/c1-19-17-20(2)22(4)30(21(19)3)36-26-15-16-33(5,6)31(26)35-32(36)24-10-7-11-25(18-24)38-28-14-13-23-9-8-12-27(37)29(23)34-28/h7-14,17-18,26,31,37H,15-16H2,1-6H3/t26-,31+/m0/s1. The number of nitrogens with zero attached hydrogens (tertiary/aromatic N) is 3. The molecule has 0 unspecified atom stereocenters. The minimum atomic E-state index is 0.144. The zero-order valence-corrected chi connectivity index (χ0v) is 23.0. The molecule has 1 aromatic heterocycles. The first-order valence-electron chi connectivity index (χ1n) is 13.5. The minimum Gasteiger partial charge on any atom is -0.506 e. The third-order valence-electron chi connectivity index (χ3n) is 8.63. The maximum atomic E-state index is 10.3. The number of fused-ring (bicyclic) bond motifs is 2. The first-order valence-corrected chi connectivity index (χ1v) is 13.5. The van der Waals surface area contributed by atoms with Gasteiger partial charge in [0.05, 0.1) is 12.1 Å². The first-order chi connectivity index (χ1) is 18.1. The van der Waals surface area contributed by atoms with Crippen LogP contribution in [0.5, 0.6) is 17.4 Å². The number of aryl methyl sites for hydroxylation is 2. The van der Waals surface area contributed by atoms with Crippen LogP contribution in [0, 0.1) is 33.1 Å². The number of rotatable bonds is 4. The number of para-hydroxylation sites is 1. The van der Waals surface area contributed by atoms with E-state index in [1.165, 1.54) is 34.4 Å². The van der Waals surface area contributed by atoms with E-state index >= 15 is 0 Å². The lowest BCUT2D eigenvalue weighted by molar-refractivity contribution is 0.332. The summed E-state index contributed by atoms with van der Waals surface area (Å²) in [4.78, 5) is 12.5. The predicted molar refractivity (Wildman–Crippen MR) is 155 cm³/mol. The fourth-order valence-electron chi connectivity index (χ4n) is 6.26. The van der Waals surface area contributed by atoms with Gasteiger partial charge in [0.25, 0.3) is 0 Å². The molecule has 0 spiro atoms. The number of aromatic nitrogens is 1. The molecule has 2 atom stereocenters. The number of phenolic OH excluding ortho intramolecular Hbond substituents is 1. The van der Waals surface area contributed by atoms with Gasteiger partial charge in [-0.25, -0.2) is 4.98 Å². The molecule has 1 saturated carbocycles. The third kappa shape index (κ3) is 3.92. The molecule has 5 heteroatoms. The van der Waals surface area contributed by atoms with Crippen molar-refractivity contribution in [1.29, 1.82) is 0 Å². The van der Waals surface area contributed by atoms with Crippen molar-refractivity contribution in [2.24, 2.45) is 10.4 Å². The van der Waals surface area contributed by atoms with Crippen LogP contribution in [0.15, 0.2) is 65.7 Å². The number of phenols is 1. The van der Waals surface area contributed by atoms with Crippen LogP contribution in [0.3, 0.4) is 0 Å². The second-order valence-corrected chi connectivity index (χ2v) is 11.6. The molecule has 4 aromatic rings. The summed E-state index contributed by atoms with van der Waals surface area (Å²) >= 11 is 0. The molecule has 6 rings (SSSR count). The number of anilines is 1. The van der Waals surface area contributed by atoms with Gasteiger partial charge in [0.2, 0.25) is 5.88 Å². The number of ether oxygens (including phenoxy) is 1. The number of aromatic hydroxyl groups is 1. The Morgan fingerprint density at radius 3 is 2.42 bits per heavy atom. The zero-order valence-electron chi connectivity index (χ0n) is 23.0. The summed E-state index contributed by atoms with van der Waals surface area (Å²) in [6.07, 6.45) is 2.29. The van der Waals surface area contributed by atoms with E-state index in [2.05, 4.69) is 69.6 Å². The van der Waals surface area contributed by atoms with Crippen molar-refractivity contribution in [2.45, 2.75) is 66.5 Å². The predicted octanol–water partition coefficient (Wildman–Crippen LogP) is 7.79. The summed E-state index contributed by atoms with van der Waals surface area (Å²) in [5.41, 5.74) is 8.27. The third-order valence-corrected chi connectivity index (χ3v) is 8.63. The van der Waals surface area contributed by atoms with Gasteiger partial charge in [-0.1, -0.05) is 44.2 Å². The van der Waals surface area contributed by atoms with Gasteiger partial charge in [0.15, 0.2) is 0 Å². The second-order valence-electron chi connectivity index (χ2n) is 11.6. The van der Waals surface area contributed by atoms with Gasteiger partial charge in [0.1, 0.15) is 22.9 Å². The van der Waals surface area contributed by atoms with Gasteiger partial charge in [-0.05, 0) is 92.5 Å². The van der Waals surface area contributed by atoms with E-state index in [0.717, 1.165) is 23.2 Å². The van der Waals surface area contributed by atoms with Crippen molar-refractivity contribution in [3.8, 4) is 17.4 Å². The Labute approximate surface area is 224 Å². The van der Waals surface area contributed by atoms with E-state index < -0.39 is 0 Å². The van der Waals surface area contributed by atoms with E-state index in [4.69, 9.17) is 9.73 Å². The summed E-state index contributed by atoms with van der Waals surface area (Å²) in [6.45, 7) is 13.6. The van der Waals surface area contributed by atoms with Crippen LogP contribution in [0.4, 0.5) is 5.69 Å². The number of pyridine rings is 1. The molecule has 0 radical (unpaired) electrons. The topological polar surface area (TPSA) is 58.0 Å². The smallest absolute Gasteiger partial charge is 0.219 e. The maximum absolute atomic E-state index is 10.3. The Bertz CT molecular complexity index is 1580.